The Bertz CT molecular complexity index is 538. The molecule has 0 fully saturated rings. The topological polar surface area (TPSA) is 21.3 Å². The van der Waals surface area contributed by atoms with Crippen LogP contribution in [0.4, 0.5) is 0 Å². The maximum Gasteiger partial charge on any atom is 0.119 e. The lowest BCUT2D eigenvalue weighted by Crippen LogP contribution is -2.20. The minimum Gasteiger partial charge on any atom is -0.494 e. The molecular formula is C17H22ClNOS. The second-order valence-corrected chi connectivity index (χ2v) is 6.65. The Morgan fingerprint density at radius 1 is 1.14 bits per heavy atom. The van der Waals surface area contributed by atoms with Crippen LogP contribution in [0.15, 0.2) is 36.4 Å². The highest BCUT2D eigenvalue weighted by Gasteiger charge is 2.15. The second kappa shape index (κ2) is 8.42. The number of halogens is 1. The molecule has 1 aromatic heterocycles. The molecule has 2 aromatic rings. The van der Waals surface area contributed by atoms with Crippen molar-refractivity contribution < 1.29 is 4.74 Å². The van der Waals surface area contributed by atoms with Crippen molar-refractivity contribution >= 4 is 22.9 Å². The molecule has 0 amide bonds. The normalized spacial score (nSPS) is 12.3. The summed E-state index contributed by atoms with van der Waals surface area (Å²) in [6.45, 7) is 5.98. The molecule has 1 unspecified atom stereocenters. The summed E-state index contributed by atoms with van der Waals surface area (Å²) < 4.78 is 6.54. The zero-order valence-electron chi connectivity index (χ0n) is 12.6. The largest absolute Gasteiger partial charge is 0.494 e. The van der Waals surface area contributed by atoms with Crippen molar-refractivity contribution in [2.24, 2.45) is 0 Å². The molecule has 0 radical (unpaired) electrons. The Labute approximate surface area is 136 Å². The summed E-state index contributed by atoms with van der Waals surface area (Å²) in [5.41, 5.74) is 1.23. The van der Waals surface area contributed by atoms with Gasteiger partial charge in [0.25, 0.3) is 0 Å². The number of thiophene rings is 1. The molecule has 0 saturated carbocycles. The smallest absolute Gasteiger partial charge is 0.119 e. The third kappa shape index (κ3) is 4.73. The van der Waals surface area contributed by atoms with Crippen LogP contribution < -0.4 is 10.1 Å². The number of hydrogen-bond acceptors (Lipinski definition) is 3. The summed E-state index contributed by atoms with van der Waals surface area (Å²) in [4.78, 5) is 1.24. The van der Waals surface area contributed by atoms with Crippen LogP contribution >= 0.6 is 22.9 Å². The van der Waals surface area contributed by atoms with Gasteiger partial charge in [0.05, 0.1) is 17.0 Å². The molecule has 0 aliphatic rings. The minimum atomic E-state index is 0.192. The van der Waals surface area contributed by atoms with Crippen LogP contribution in [0.5, 0.6) is 5.75 Å². The molecule has 1 atom stereocenters. The van der Waals surface area contributed by atoms with Crippen LogP contribution in [0.1, 0.15) is 43.2 Å². The van der Waals surface area contributed by atoms with Gasteiger partial charge in [0.15, 0.2) is 0 Å². The lowest BCUT2D eigenvalue weighted by molar-refractivity contribution is 0.309. The van der Waals surface area contributed by atoms with E-state index in [1.807, 2.05) is 18.2 Å². The highest BCUT2D eigenvalue weighted by atomic mass is 35.5. The highest BCUT2D eigenvalue weighted by molar-refractivity contribution is 7.16. The van der Waals surface area contributed by atoms with Crippen LogP contribution in [0.25, 0.3) is 0 Å². The van der Waals surface area contributed by atoms with Gasteiger partial charge < -0.3 is 10.1 Å². The lowest BCUT2D eigenvalue weighted by Gasteiger charge is -2.17. The van der Waals surface area contributed by atoms with E-state index in [1.165, 1.54) is 10.4 Å². The summed E-state index contributed by atoms with van der Waals surface area (Å²) in [7, 11) is 0. The van der Waals surface area contributed by atoms with E-state index in [2.05, 4.69) is 37.4 Å². The van der Waals surface area contributed by atoms with Gasteiger partial charge >= 0.3 is 0 Å². The van der Waals surface area contributed by atoms with Gasteiger partial charge in [-0.1, -0.05) is 44.0 Å². The van der Waals surface area contributed by atoms with Gasteiger partial charge in [-0.25, -0.2) is 0 Å². The van der Waals surface area contributed by atoms with Crippen molar-refractivity contribution in [3.63, 3.8) is 0 Å². The molecule has 0 aliphatic heterocycles. The molecule has 21 heavy (non-hydrogen) atoms. The fourth-order valence-electron chi connectivity index (χ4n) is 2.16. The summed E-state index contributed by atoms with van der Waals surface area (Å²) >= 11 is 7.68. The predicted molar refractivity (Wildman–Crippen MR) is 91.7 cm³/mol. The number of ether oxygens (including phenoxy) is 1. The van der Waals surface area contributed by atoms with E-state index in [-0.39, 0.29) is 6.04 Å². The first-order chi connectivity index (χ1) is 10.2. The summed E-state index contributed by atoms with van der Waals surface area (Å²) in [6.07, 6.45) is 2.25. The molecule has 1 heterocycles. The summed E-state index contributed by atoms with van der Waals surface area (Å²) in [6, 6.07) is 12.6. The van der Waals surface area contributed by atoms with Crippen molar-refractivity contribution in [3.8, 4) is 5.75 Å². The average molecular weight is 324 g/mol. The number of unbranched alkanes of at least 4 members (excludes halogenated alkanes) is 1. The van der Waals surface area contributed by atoms with Gasteiger partial charge in [0.2, 0.25) is 0 Å². The first-order valence-electron chi connectivity index (χ1n) is 7.46. The molecular weight excluding hydrogens is 302 g/mol. The Hall–Kier alpha value is -1.03. The fraction of sp³-hybridized carbons (Fsp3) is 0.412. The maximum atomic E-state index is 6.06. The van der Waals surface area contributed by atoms with Gasteiger partial charge in [-0.05, 0) is 42.8 Å². The van der Waals surface area contributed by atoms with E-state index in [0.29, 0.717) is 0 Å². The van der Waals surface area contributed by atoms with Crippen molar-refractivity contribution in [2.45, 2.75) is 32.7 Å². The Morgan fingerprint density at radius 2 is 1.90 bits per heavy atom. The zero-order valence-corrected chi connectivity index (χ0v) is 14.1. The summed E-state index contributed by atoms with van der Waals surface area (Å²) in [5.74, 6) is 0.937. The lowest BCUT2D eigenvalue weighted by atomic mass is 10.1. The molecule has 1 aromatic carbocycles. The quantitative estimate of drug-likeness (QED) is 0.667. The van der Waals surface area contributed by atoms with Crippen LogP contribution in [0.2, 0.25) is 4.34 Å². The van der Waals surface area contributed by atoms with E-state index in [1.54, 1.807) is 11.3 Å². The maximum absolute atomic E-state index is 6.06. The number of nitrogens with one attached hydrogen (secondary N) is 1. The number of hydrogen-bond donors (Lipinski definition) is 1. The van der Waals surface area contributed by atoms with Gasteiger partial charge in [-0.15, -0.1) is 11.3 Å². The van der Waals surface area contributed by atoms with Crippen molar-refractivity contribution in [3.05, 3.63) is 51.2 Å². The van der Waals surface area contributed by atoms with Gasteiger partial charge in [-0.2, -0.15) is 0 Å². The molecule has 1 N–H and O–H groups in total. The van der Waals surface area contributed by atoms with Crippen molar-refractivity contribution in [2.75, 3.05) is 13.2 Å². The molecule has 2 nitrogen and oxygen atoms in total. The van der Waals surface area contributed by atoms with Crippen molar-refractivity contribution in [1.29, 1.82) is 0 Å². The molecule has 2 rings (SSSR count). The van der Waals surface area contributed by atoms with E-state index in [0.717, 1.165) is 36.1 Å². The Balaban J connectivity index is 2.10. The standard InChI is InChI=1S/C17H22ClNOS/c1-3-5-12-20-14-8-6-13(7-9-14)17(19-4-2)15-10-11-16(18)21-15/h6-11,17,19H,3-5,12H2,1-2H3. The molecule has 0 bridgehead atoms. The van der Waals surface area contributed by atoms with Crippen LogP contribution in [-0.2, 0) is 0 Å². The van der Waals surface area contributed by atoms with Gasteiger partial charge in [0.1, 0.15) is 5.75 Å². The van der Waals surface area contributed by atoms with Gasteiger partial charge in [0, 0.05) is 4.88 Å². The predicted octanol–water partition coefficient (Wildman–Crippen LogP) is 5.28. The van der Waals surface area contributed by atoms with E-state index >= 15 is 0 Å². The fourth-order valence-corrected chi connectivity index (χ4v) is 3.33. The molecule has 0 spiro atoms. The SMILES string of the molecule is CCCCOc1ccc(C(NCC)c2ccc(Cl)s2)cc1. The van der Waals surface area contributed by atoms with E-state index < -0.39 is 0 Å². The van der Waals surface area contributed by atoms with Gasteiger partial charge in [-0.3, -0.25) is 0 Å². The first-order valence-corrected chi connectivity index (χ1v) is 8.65. The average Bonchev–Trinajstić information content (AvgIpc) is 2.92. The zero-order chi connectivity index (χ0) is 15.1. The highest BCUT2D eigenvalue weighted by Crippen LogP contribution is 2.31. The number of rotatable bonds is 8. The van der Waals surface area contributed by atoms with E-state index in [9.17, 15) is 0 Å². The minimum absolute atomic E-state index is 0.192. The molecule has 0 aliphatic carbocycles. The molecule has 0 saturated heterocycles. The van der Waals surface area contributed by atoms with Crippen LogP contribution in [0.3, 0.4) is 0 Å². The first kappa shape index (κ1) is 16.3. The Morgan fingerprint density at radius 3 is 2.48 bits per heavy atom. The van der Waals surface area contributed by atoms with Crippen LogP contribution in [0, 0.1) is 0 Å². The number of benzene rings is 1. The van der Waals surface area contributed by atoms with E-state index in [4.69, 9.17) is 16.3 Å². The third-order valence-corrected chi connectivity index (χ3v) is 4.56. The summed E-state index contributed by atoms with van der Waals surface area (Å²) in [5, 5.41) is 3.51. The third-order valence-electron chi connectivity index (χ3n) is 3.27. The second-order valence-electron chi connectivity index (χ2n) is 4.90. The van der Waals surface area contributed by atoms with Crippen LogP contribution in [-0.4, -0.2) is 13.2 Å². The monoisotopic (exact) mass is 323 g/mol. The Kier molecular flexibility index (Phi) is 6.55. The van der Waals surface area contributed by atoms with Crippen molar-refractivity contribution in [1.82, 2.24) is 5.32 Å². The molecule has 114 valence electrons. The molecule has 4 heteroatoms.